The molecule has 0 aliphatic carbocycles. The zero-order valence-corrected chi connectivity index (χ0v) is 10.6. The predicted octanol–water partition coefficient (Wildman–Crippen LogP) is 1.62. The Labute approximate surface area is 107 Å². The van der Waals surface area contributed by atoms with E-state index in [1.54, 1.807) is 6.20 Å². The molecule has 1 unspecified atom stereocenters. The van der Waals surface area contributed by atoms with Gasteiger partial charge in [-0.15, -0.1) is 0 Å². The first-order valence-electron chi connectivity index (χ1n) is 6.28. The first-order valence-corrected chi connectivity index (χ1v) is 6.28. The molecule has 0 spiro atoms. The number of carboxylic acid groups (broad SMARTS) is 1. The summed E-state index contributed by atoms with van der Waals surface area (Å²) in [4.78, 5) is 16.5. The van der Waals surface area contributed by atoms with E-state index in [0.29, 0.717) is 13.1 Å². The lowest BCUT2D eigenvalue weighted by Gasteiger charge is -2.31. The Bertz CT molecular complexity index is 422. The first-order chi connectivity index (χ1) is 8.65. The largest absolute Gasteiger partial charge is 0.465 e. The molecule has 18 heavy (non-hydrogen) atoms. The summed E-state index contributed by atoms with van der Waals surface area (Å²) in [6, 6.07) is 4.28. The standard InChI is InChI=1S/C13H19N3O2/c1-10-7-11(4-5-14-10)8-15-12-3-2-6-16(9-12)13(17)18/h4-5,7,12,15H,2-3,6,8-9H2,1H3,(H,17,18). The number of amides is 1. The van der Waals surface area contributed by atoms with Crippen molar-refractivity contribution in [3.05, 3.63) is 29.6 Å². The number of hydrogen-bond acceptors (Lipinski definition) is 3. The second kappa shape index (κ2) is 5.82. The molecule has 2 rings (SSSR count). The zero-order valence-electron chi connectivity index (χ0n) is 10.6. The Kier molecular flexibility index (Phi) is 4.15. The van der Waals surface area contributed by atoms with Crippen molar-refractivity contribution in [3.63, 3.8) is 0 Å². The van der Waals surface area contributed by atoms with Gasteiger partial charge in [-0.1, -0.05) is 0 Å². The minimum atomic E-state index is -0.818. The second-order valence-electron chi connectivity index (χ2n) is 4.75. The highest BCUT2D eigenvalue weighted by molar-refractivity contribution is 5.65. The maximum Gasteiger partial charge on any atom is 0.407 e. The van der Waals surface area contributed by atoms with Crippen LogP contribution < -0.4 is 5.32 Å². The number of piperidine rings is 1. The van der Waals surface area contributed by atoms with Gasteiger partial charge in [-0.25, -0.2) is 4.79 Å². The molecule has 5 nitrogen and oxygen atoms in total. The van der Waals surface area contributed by atoms with Crippen LogP contribution in [-0.4, -0.2) is 40.2 Å². The molecule has 0 bridgehead atoms. The molecule has 2 N–H and O–H groups in total. The van der Waals surface area contributed by atoms with Gasteiger partial charge in [-0.3, -0.25) is 4.98 Å². The Morgan fingerprint density at radius 3 is 3.22 bits per heavy atom. The van der Waals surface area contributed by atoms with Crippen LogP contribution in [-0.2, 0) is 6.54 Å². The summed E-state index contributed by atoms with van der Waals surface area (Å²) in [6.45, 7) is 3.97. The van der Waals surface area contributed by atoms with Gasteiger partial charge in [0.2, 0.25) is 0 Å². The Morgan fingerprint density at radius 2 is 2.50 bits per heavy atom. The Hall–Kier alpha value is -1.62. The second-order valence-corrected chi connectivity index (χ2v) is 4.75. The van der Waals surface area contributed by atoms with Crippen molar-refractivity contribution in [2.24, 2.45) is 0 Å². The van der Waals surface area contributed by atoms with Gasteiger partial charge in [-0.05, 0) is 37.5 Å². The molecule has 2 heterocycles. The highest BCUT2D eigenvalue weighted by atomic mass is 16.4. The van der Waals surface area contributed by atoms with Crippen LogP contribution in [0.15, 0.2) is 18.3 Å². The van der Waals surface area contributed by atoms with Crippen LogP contribution in [0.4, 0.5) is 4.79 Å². The predicted molar refractivity (Wildman–Crippen MR) is 68.4 cm³/mol. The van der Waals surface area contributed by atoms with Crippen molar-refractivity contribution in [1.29, 1.82) is 0 Å². The monoisotopic (exact) mass is 249 g/mol. The van der Waals surface area contributed by atoms with Crippen LogP contribution >= 0.6 is 0 Å². The third kappa shape index (κ3) is 3.43. The van der Waals surface area contributed by atoms with Crippen LogP contribution in [0.1, 0.15) is 24.1 Å². The minimum Gasteiger partial charge on any atom is -0.465 e. The summed E-state index contributed by atoms with van der Waals surface area (Å²) in [5.74, 6) is 0. The first kappa shape index (κ1) is 12.8. The Balaban J connectivity index is 1.84. The van der Waals surface area contributed by atoms with Crippen molar-refractivity contribution in [2.45, 2.75) is 32.4 Å². The molecular weight excluding hydrogens is 230 g/mol. The molecule has 1 fully saturated rings. The van der Waals surface area contributed by atoms with Gasteiger partial charge in [0.25, 0.3) is 0 Å². The van der Waals surface area contributed by atoms with Gasteiger partial charge in [0, 0.05) is 37.6 Å². The number of likely N-dealkylation sites (tertiary alicyclic amines) is 1. The van der Waals surface area contributed by atoms with Gasteiger partial charge >= 0.3 is 6.09 Å². The van der Waals surface area contributed by atoms with Crippen molar-refractivity contribution in [3.8, 4) is 0 Å². The smallest absolute Gasteiger partial charge is 0.407 e. The fourth-order valence-electron chi connectivity index (χ4n) is 2.29. The minimum absolute atomic E-state index is 0.253. The summed E-state index contributed by atoms with van der Waals surface area (Å²) in [7, 11) is 0. The number of aromatic nitrogens is 1. The molecule has 1 atom stereocenters. The van der Waals surface area contributed by atoms with E-state index in [2.05, 4.69) is 10.3 Å². The van der Waals surface area contributed by atoms with E-state index in [9.17, 15) is 4.79 Å². The summed E-state index contributed by atoms with van der Waals surface area (Å²) in [6.07, 6.45) is 2.95. The third-order valence-corrected chi connectivity index (χ3v) is 3.25. The quantitative estimate of drug-likeness (QED) is 0.854. The van der Waals surface area contributed by atoms with Gasteiger partial charge < -0.3 is 15.3 Å². The molecule has 0 saturated carbocycles. The third-order valence-electron chi connectivity index (χ3n) is 3.25. The van der Waals surface area contributed by atoms with E-state index < -0.39 is 6.09 Å². The average Bonchev–Trinajstić information content (AvgIpc) is 2.37. The number of hydrogen-bond donors (Lipinski definition) is 2. The maximum atomic E-state index is 10.9. The lowest BCUT2D eigenvalue weighted by molar-refractivity contribution is 0.126. The number of nitrogens with one attached hydrogen (secondary N) is 1. The van der Waals surface area contributed by atoms with E-state index in [1.807, 2.05) is 19.1 Å². The molecule has 1 saturated heterocycles. The number of aryl methyl sites for hydroxylation is 1. The molecule has 1 amide bonds. The maximum absolute atomic E-state index is 10.9. The summed E-state index contributed by atoms with van der Waals surface area (Å²) >= 11 is 0. The highest BCUT2D eigenvalue weighted by Crippen LogP contribution is 2.11. The fourth-order valence-corrected chi connectivity index (χ4v) is 2.29. The van der Waals surface area contributed by atoms with Gasteiger partial charge in [0.1, 0.15) is 0 Å². The van der Waals surface area contributed by atoms with Crippen molar-refractivity contribution >= 4 is 6.09 Å². The van der Waals surface area contributed by atoms with Gasteiger partial charge in [-0.2, -0.15) is 0 Å². The normalized spacial score (nSPS) is 19.8. The van der Waals surface area contributed by atoms with Gasteiger partial charge in [0.05, 0.1) is 0 Å². The molecule has 1 aromatic heterocycles. The molecular formula is C13H19N3O2. The molecule has 5 heteroatoms. The Morgan fingerprint density at radius 1 is 1.67 bits per heavy atom. The topological polar surface area (TPSA) is 65.5 Å². The van der Waals surface area contributed by atoms with Gasteiger partial charge in [0.15, 0.2) is 0 Å². The zero-order chi connectivity index (χ0) is 13.0. The number of rotatable bonds is 3. The van der Waals surface area contributed by atoms with Crippen molar-refractivity contribution < 1.29 is 9.90 Å². The van der Waals surface area contributed by atoms with Crippen LogP contribution in [0.5, 0.6) is 0 Å². The SMILES string of the molecule is Cc1cc(CNC2CCCN(C(=O)O)C2)ccn1. The molecule has 0 aromatic carbocycles. The van der Waals surface area contributed by atoms with Crippen LogP contribution in [0, 0.1) is 6.92 Å². The fraction of sp³-hybridized carbons (Fsp3) is 0.538. The van der Waals surface area contributed by atoms with Crippen molar-refractivity contribution in [2.75, 3.05) is 13.1 Å². The van der Waals surface area contributed by atoms with E-state index in [1.165, 1.54) is 10.5 Å². The van der Waals surface area contributed by atoms with Crippen molar-refractivity contribution in [1.82, 2.24) is 15.2 Å². The van der Waals surface area contributed by atoms with Crippen LogP contribution in [0.2, 0.25) is 0 Å². The molecule has 1 aromatic rings. The lowest BCUT2D eigenvalue weighted by Crippen LogP contribution is -2.47. The molecule has 0 radical (unpaired) electrons. The molecule has 1 aliphatic rings. The number of carbonyl (C=O) groups is 1. The van der Waals surface area contributed by atoms with E-state index in [0.717, 1.165) is 25.1 Å². The molecule has 1 aliphatic heterocycles. The summed E-state index contributed by atoms with van der Waals surface area (Å²) in [5.41, 5.74) is 2.19. The van der Waals surface area contributed by atoms with Crippen LogP contribution in [0.25, 0.3) is 0 Å². The van der Waals surface area contributed by atoms with E-state index in [-0.39, 0.29) is 6.04 Å². The summed E-state index contributed by atoms with van der Waals surface area (Å²) in [5, 5.41) is 12.4. The average molecular weight is 249 g/mol. The van der Waals surface area contributed by atoms with Crippen LogP contribution in [0.3, 0.4) is 0 Å². The lowest BCUT2D eigenvalue weighted by atomic mass is 10.1. The number of pyridine rings is 1. The van der Waals surface area contributed by atoms with E-state index >= 15 is 0 Å². The van der Waals surface area contributed by atoms with E-state index in [4.69, 9.17) is 5.11 Å². The highest BCUT2D eigenvalue weighted by Gasteiger charge is 2.22. The summed E-state index contributed by atoms with van der Waals surface area (Å²) < 4.78 is 0. The molecule has 98 valence electrons. The number of nitrogens with zero attached hydrogens (tertiary/aromatic N) is 2.